The molecule has 2 unspecified atom stereocenters. The quantitative estimate of drug-likeness (QED) is 0.759. The van der Waals surface area contributed by atoms with Crippen molar-refractivity contribution >= 4 is 45.8 Å². The molecule has 1 aliphatic rings. The third-order valence-electron chi connectivity index (χ3n) is 3.31. The summed E-state index contributed by atoms with van der Waals surface area (Å²) < 4.78 is 6.32. The second kappa shape index (κ2) is 6.86. The predicted molar refractivity (Wildman–Crippen MR) is 84.1 cm³/mol. The van der Waals surface area contributed by atoms with Crippen LogP contribution >= 0.6 is 33.9 Å². The van der Waals surface area contributed by atoms with Crippen molar-refractivity contribution in [1.29, 1.82) is 0 Å². The number of rotatable bonds is 5. The Morgan fingerprint density at radius 1 is 1.55 bits per heavy atom. The summed E-state index contributed by atoms with van der Waals surface area (Å²) in [6, 6.07) is 1.46. The normalized spacial score (nSPS) is 21.9. The van der Waals surface area contributed by atoms with Crippen molar-refractivity contribution < 1.29 is 19.4 Å². The molecule has 0 aliphatic carbocycles. The van der Waals surface area contributed by atoms with Crippen molar-refractivity contribution in [2.75, 3.05) is 19.8 Å². The molecule has 110 valence electrons. The smallest absolute Gasteiger partial charge is 0.311 e. The van der Waals surface area contributed by atoms with Gasteiger partial charge in [-0.1, -0.05) is 6.92 Å². The van der Waals surface area contributed by atoms with Crippen LogP contribution in [0.3, 0.4) is 0 Å². The van der Waals surface area contributed by atoms with Gasteiger partial charge in [0.25, 0.3) is 5.91 Å². The van der Waals surface area contributed by atoms with E-state index in [1.54, 1.807) is 4.90 Å². The van der Waals surface area contributed by atoms with E-state index in [0.29, 0.717) is 18.7 Å². The molecule has 1 aliphatic heterocycles. The summed E-state index contributed by atoms with van der Waals surface area (Å²) in [5.41, 5.74) is 0.629. The van der Waals surface area contributed by atoms with Gasteiger partial charge in [-0.05, 0) is 35.1 Å². The molecule has 1 N–H and O–H groups in total. The number of carbonyl (C=O) groups excluding carboxylic acids is 1. The zero-order chi connectivity index (χ0) is 14.7. The fourth-order valence-corrected chi connectivity index (χ4v) is 3.65. The summed E-state index contributed by atoms with van der Waals surface area (Å²) in [6.45, 7) is 2.99. The van der Waals surface area contributed by atoms with Gasteiger partial charge >= 0.3 is 5.97 Å². The molecule has 1 saturated heterocycles. The van der Waals surface area contributed by atoms with Gasteiger partial charge in [0.2, 0.25) is 0 Å². The molecular formula is C13H16INO4S. The summed E-state index contributed by atoms with van der Waals surface area (Å²) in [5.74, 6) is -1.64. The fraction of sp³-hybridized carbons (Fsp3) is 0.538. The first-order valence-corrected chi connectivity index (χ1v) is 8.36. The minimum atomic E-state index is -0.902. The monoisotopic (exact) mass is 409 g/mol. The van der Waals surface area contributed by atoms with Gasteiger partial charge in [-0.2, -0.15) is 0 Å². The van der Waals surface area contributed by atoms with Crippen molar-refractivity contribution in [2.24, 2.45) is 5.92 Å². The highest BCUT2D eigenvalue weighted by Crippen LogP contribution is 2.24. The number of thiophene rings is 1. The third-order valence-corrected chi connectivity index (χ3v) is 5.10. The number of halogens is 1. The molecule has 1 aromatic rings. The Labute approximate surface area is 135 Å². The maximum Gasteiger partial charge on any atom is 0.311 e. The van der Waals surface area contributed by atoms with Crippen LogP contribution in [0.25, 0.3) is 0 Å². The van der Waals surface area contributed by atoms with Gasteiger partial charge in [0.15, 0.2) is 0 Å². The molecular weight excluding hydrogens is 393 g/mol. The van der Waals surface area contributed by atoms with Crippen LogP contribution in [0.4, 0.5) is 0 Å². The van der Waals surface area contributed by atoms with Crippen molar-refractivity contribution in [3.8, 4) is 0 Å². The van der Waals surface area contributed by atoms with Gasteiger partial charge in [-0.3, -0.25) is 9.59 Å². The first kappa shape index (κ1) is 15.7. The van der Waals surface area contributed by atoms with Crippen LogP contribution in [0.1, 0.15) is 23.7 Å². The van der Waals surface area contributed by atoms with E-state index in [1.807, 2.05) is 18.4 Å². The van der Waals surface area contributed by atoms with E-state index in [2.05, 4.69) is 22.6 Å². The molecule has 1 amide bonds. The first-order valence-electron chi connectivity index (χ1n) is 6.40. The fourth-order valence-electron chi connectivity index (χ4n) is 2.33. The molecule has 7 heteroatoms. The van der Waals surface area contributed by atoms with Gasteiger partial charge in [-0.15, -0.1) is 11.3 Å². The van der Waals surface area contributed by atoms with E-state index in [1.165, 1.54) is 11.3 Å². The SMILES string of the molecule is CCCN(C(=O)c1csc(I)c1)C1COCC1C(=O)O. The number of carboxylic acids is 1. The minimum absolute atomic E-state index is 0.104. The maximum atomic E-state index is 12.6. The Hall–Kier alpha value is -0.670. The van der Waals surface area contributed by atoms with Gasteiger partial charge in [-0.25, -0.2) is 0 Å². The molecule has 0 saturated carbocycles. The Balaban J connectivity index is 2.22. The third kappa shape index (κ3) is 3.32. The predicted octanol–water partition coefficient (Wildman–Crippen LogP) is 2.30. The van der Waals surface area contributed by atoms with Crippen LogP contribution in [0, 0.1) is 8.80 Å². The number of nitrogens with zero attached hydrogens (tertiary/aromatic N) is 1. The van der Waals surface area contributed by atoms with Crippen molar-refractivity contribution in [3.63, 3.8) is 0 Å². The summed E-state index contributed by atoms with van der Waals surface area (Å²) in [5, 5.41) is 11.1. The van der Waals surface area contributed by atoms with Crippen molar-refractivity contribution in [1.82, 2.24) is 4.90 Å². The first-order chi connectivity index (χ1) is 9.54. The van der Waals surface area contributed by atoms with E-state index < -0.39 is 11.9 Å². The highest BCUT2D eigenvalue weighted by Gasteiger charge is 2.40. The second-order valence-corrected chi connectivity index (χ2v) is 7.49. The average molecular weight is 409 g/mol. The van der Waals surface area contributed by atoms with Crippen LogP contribution in [0.2, 0.25) is 0 Å². The van der Waals surface area contributed by atoms with Crippen LogP contribution in [0.15, 0.2) is 11.4 Å². The summed E-state index contributed by atoms with van der Waals surface area (Å²) >= 11 is 3.68. The molecule has 2 heterocycles. The zero-order valence-electron chi connectivity index (χ0n) is 11.0. The van der Waals surface area contributed by atoms with Gasteiger partial charge in [0, 0.05) is 11.9 Å². The molecule has 0 aromatic carbocycles. The van der Waals surface area contributed by atoms with Crippen molar-refractivity contribution in [3.05, 3.63) is 19.9 Å². The molecule has 0 spiro atoms. The molecule has 2 atom stereocenters. The lowest BCUT2D eigenvalue weighted by molar-refractivity contribution is -0.142. The van der Waals surface area contributed by atoms with Crippen LogP contribution in [-0.4, -0.2) is 47.7 Å². The van der Waals surface area contributed by atoms with Crippen LogP contribution in [0.5, 0.6) is 0 Å². The second-order valence-electron chi connectivity index (χ2n) is 4.69. The van der Waals surface area contributed by atoms with Crippen LogP contribution < -0.4 is 0 Å². The van der Waals surface area contributed by atoms with E-state index in [9.17, 15) is 14.7 Å². The van der Waals surface area contributed by atoms with E-state index in [0.717, 1.165) is 9.30 Å². The number of carboxylic acid groups (broad SMARTS) is 1. The molecule has 0 bridgehead atoms. The van der Waals surface area contributed by atoms with E-state index in [-0.39, 0.29) is 18.6 Å². The van der Waals surface area contributed by atoms with Gasteiger partial charge in [0.05, 0.1) is 27.7 Å². The number of aliphatic carboxylic acids is 1. The summed E-state index contributed by atoms with van der Waals surface area (Å²) in [4.78, 5) is 25.5. The Morgan fingerprint density at radius 2 is 2.30 bits per heavy atom. The maximum absolute atomic E-state index is 12.6. The Kier molecular flexibility index (Phi) is 5.39. The molecule has 20 heavy (non-hydrogen) atoms. The van der Waals surface area contributed by atoms with E-state index >= 15 is 0 Å². The lowest BCUT2D eigenvalue weighted by atomic mass is 10.0. The van der Waals surface area contributed by atoms with Crippen LogP contribution in [-0.2, 0) is 9.53 Å². The lowest BCUT2D eigenvalue weighted by Crippen LogP contribution is -2.46. The number of hydrogen-bond donors (Lipinski definition) is 1. The topological polar surface area (TPSA) is 66.8 Å². The molecule has 2 rings (SSSR count). The minimum Gasteiger partial charge on any atom is -0.481 e. The van der Waals surface area contributed by atoms with E-state index in [4.69, 9.17) is 4.74 Å². The number of hydrogen-bond acceptors (Lipinski definition) is 4. The molecule has 1 fully saturated rings. The number of ether oxygens (including phenoxy) is 1. The molecule has 1 aromatic heterocycles. The summed E-state index contributed by atoms with van der Waals surface area (Å²) in [6.07, 6.45) is 0.788. The highest BCUT2D eigenvalue weighted by atomic mass is 127. The van der Waals surface area contributed by atoms with Crippen molar-refractivity contribution in [2.45, 2.75) is 19.4 Å². The standard InChI is InChI=1S/C13H16INO4S/c1-2-3-15(10-6-19-5-9(10)13(17)18)12(16)8-4-11(14)20-7-8/h4,7,9-10H,2-3,5-6H2,1H3,(H,17,18). The zero-order valence-corrected chi connectivity index (χ0v) is 14.0. The number of amides is 1. The summed E-state index contributed by atoms with van der Waals surface area (Å²) in [7, 11) is 0. The molecule has 5 nitrogen and oxygen atoms in total. The molecule has 0 radical (unpaired) electrons. The highest BCUT2D eigenvalue weighted by molar-refractivity contribution is 14.1. The van der Waals surface area contributed by atoms with Gasteiger partial charge < -0.3 is 14.7 Å². The Bertz CT molecular complexity index is 504. The average Bonchev–Trinajstić information content (AvgIpc) is 3.03. The Morgan fingerprint density at radius 3 is 2.85 bits per heavy atom. The largest absolute Gasteiger partial charge is 0.481 e. The van der Waals surface area contributed by atoms with Gasteiger partial charge in [0.1, 0.15) is 5.92 Å². The lowest BCUT2D eigenvalue weighted by Gasteiger charge is -2.30. The number of carbonyl (C=O) groups is 2.